The lowest BCUT2D eigenvalue weighted by molar-refractivity contribution is 0.0696. The summed E-state index contributed by atoms with van der Waals surface area (Å²) in [6.07, 6.45) is 4.84. The maximum Gasteiger partial charge on any atom is 0.270 e. The van der Waals surface area contributed by atoms with Gasteiger partial charge >= 0.3 is 0 Å². The van der Waals surface area contributed by atoms with Crippen molar-refractivity contribution < 1.29 is 9.90 Å². The molecule has 1 aromatic heterocycles. The van der Waals surface area contributed by atoms with E-state index in [0.29, 0.717) is 24.0 Å². The van der Waals surface area contributed by atoms with Crippen LogP contribution in [-0.4, -0.2) is 39.7 Å². The van der Waals surface area contributed by atoms with Gasteiger partial charge in [0, 0.05) is 25.3 Å². The Balaban J connectivity index is 2.20. The van der Waals surface area contributed by atoms with Crippen molar-refractivity contribution in [1.82, 2.24) is 9.47 Å². The lowest BCUT2D eigenvalue weighted by Crippen LogP contribution is -2.36. The molecule has 0 aliphatic heterocycles. The van der Waals surface area contributed by atoms with E-state index in [0.717, 1.165) is 25.8 Å². The second-order valence-corrected chi connectivity index (χ2v) is 4.81. The van der Waals surface area contributed by atoms with Gasteiger partial charge in [0.1, 0.15) is 5.69 Å². The second kappa shape index (κ2) is 5.44. The molecule has 2 rings (SSSR count). The van der Waals surface area contributed by atoms with E-state index in [2.05, 4.69) is 6.92 Å². The minimum Gasteiger partial charge on any atom is -0.397 e. The van der Waals surface area contributed by atoms with E-state index in [-0.39, 0.29) is 12.5 Å². The third-order valence-electron chi connectivity index (χ3n) is 3.19. The van der Waals surface area contributed by atoms with Crippen LogP contribution >= 0.6 is 0 Å². The highest BCUT2D eigenvalue weighted by molar-refractivity contribution is 5.94. The average molecular weight is 251 g/mol. The van der Waals surface area contributed by atoms with Crippen LogP contribution < -0.4 is 5.73 Å². The van der Waals surface area contributed by atoms with Crippen LogP contribution in [0.4, 0.5) is 5.69 Å². The van der Waals surface area contributed by atoms with Crippen LogP contribution in [0.5, 0.6) is 0 Å². The van der Waals surface area contributed by atoms with Crippen molar-refractivity contribution in [1.29, 1.82) is 0 Å². The lowest BCUT2D eigenvalue weighted by Gasteiger charge is -2.22. The number of nitrogens with two attached hydrogens (primary N) is 1. The SMILES string of the molecule is CCCn1cc(N)cc1C(=O)N(CCO)C1CC1. The minimum absolute atomic E-state index is 0.00616. The van der Waals surface area contributed by atoms with Gasteiger partial charge in [-0.15, -0.1) is 0 Å². The fraction of sp³-hybridized carbons (Fsp3) is 0.615. The number of amides is 1. The van der Waals surface area contributed by atoms with E-state index < -0.39 is 0 Å². The highest BCUT2D eigenvalue weighted by Crippen LogP contribution is 2.28. The van der Waals surface area contributed by atoms with Crippen molar-refractivity contribution in [2.45, 2.75) is 38.8 Å². The van der Waals surface area contributed by atoms with Gasteiger partial charge in [-0.2, -0.15) is 0 Å². The molecule has 0 unspecified atom stereocenters. The minimum atomic E-state index is -0.0169. The molecule has 1 fully saturated rings. The molecule has 5 heteroatoms. The first kappa shape index (κ1) is 13.0. The number of anilines is 1. The average Bonchev–Trinajstić information content (AvgIpc) is 3.10. The molecule has 0 spiro atoms. The third-order valence-corrected chi connectivity index (χ3v) is 3.19. The summed E-state index contributed by atoms with van der Waals surface area (Å²) in [4.78, 5) is 14.2. The summed E-state index contributed by atoms with van der Waals surface area (Å²) in [5, 5.41) is 9.06. The van der Waals surface area contributed by atoms with E-state index in [4.69, 9.17) is 10.8 Å². The summed E-state index contributed by atoms with van der Waals surface area (Å²) >= 11 is 0. The Kier molecular flexibility index (Phi) is 3.91. The van der Waals surface area contributed by atoms with Crippen LogP contribution in [0.3, 0.4) is 0 Å². The van der Waals surface area contributed by atoms with Gasteiger partial charge in [0.25, 0.3) is 5.91 Å². The van der Waals surface area contributed by atoms with Gasteiger partial charge in [-0.25, -0.2) is 0 Å². The molecule has 1 saturated carbocycles. The zero-order valence-corrected chi connectivity index (χ0v) is 10.8. The van der Waals surface area contributed by atoms with Gasteiger partial charge < -0.3 is 20.3 Å². The van der Waals surface area contributed by atoms with E-state index >= 15 is 0 Å². The van der Waals surface area contributed by atoms with Gasteiger partial charge in [-0.05, 0) is 25.3 Å². The number of aliphatic hydroxyl groups is 1. The van der Waals surface area contributed by atoms with Crippen LogP contribution in [0.1, 0.15) is 36.7 Å². The molecule has 100 valence electrons. The molecule has 3 N–H and O–H groups in total. The molecule has 0 aromatic carbocycles. The highest BCUT2D eigenvalue weighted by atomic mass is 16.3. The van der Waals surface area contributed by atoms with Crippen molar-refractivity contribution in [2.24, 2.45) is 0 Å². The number of carbonyl (C=O) groups excluding carboxylic acids is 1. The summed E-state index contributed by atoms with van der Waals surface area (Å²) < 4.78 is 1.91. The quantitative estimate of drug-likeness (QED) is 0.794. The smallest absolute Gasteiger partial charge is 0.270 e. The first-order valence-electron chi connectivity index (χ1n) is 6.54. The van der Waals surface area contributed by atoms with Gasteiger partial charge in [-0.1, -0.05) is 6.92 Å². The molecule has 0 bridgehead atoms. The Labute approximate surface area is 107 Å². The van der Waals surface area contributed by atoms with E-state index in [1.165, 1.54) is 0 Å². The maximum absolute atomic E-state index is 12.5. The molecule has 0 saturated heterocycles. The monoisotopic (exact) mass is 251 g/mol. The lowest BCUT2D eigenvalue weighted by atomic mass is 10.3. The number of carbonyl (C=O) groups is 1. The van der Waals surface area contributed by atoms with Crippen molar-refractivity contribution in [2.75, 3.05) is 18.9 Å². The Hall–Kier alpha value is -1.49. The number of rotatable bonds is 6. The van der Waals surface area contributed by atoms with Gasteiger partial charge in [0.05, 0.1) is 12.3 Å². The standard InChI is InChI=1S/C13H21N3O2/c1-2-5-15-9-10(14)8-12(15)13(18)16(6-7-17)11-3-4-11/h8-9,11,17H,2-7,14H2,1H3. The van der Waals surface area contributed by atoms with Gasteiger partial charge in [-0.3, -0.25) is 4.79 Å². The molecule has 1 amide bonds. The molecule has 1 aliphatic carbocycles. The number of nitrogen functional groups attached to an aromatic ring is 1. The molecular formula is C13H21N3O2. The first-order valence-corrected chi connectivity index (χ1v) is 6.54. The Bertz CT molecular complexity index is 424. The fourth-order valence-corrected chi connectivity index (χ4v) is 2.23. The molecule has 18 heavy (non-hydrogen) atoms. The van der Waals surface area contributed by atoms with Crippen LogP contribution in [0.25, 0.3) is 0 Å². The van der Waals surface area contributed by atoms with E-state index in [9.17, 15) is 4.79 Å². The normalized spacial score (nSPS) is 14.8. The van der Waals surface area contributed by atoms with Crippen LogP contribution in [0, 0.1) is 0 Å². The van der Waals surface area contributed by atoms with Gasteiger partial charge in [0.15, 0.2) is 0 Å². The Morgan fingerprint density at radius 1 is 1.61 bits per heavy atom. The topological polar surface area (TPSA) is 71.5 Å². The van der Waals surface area contributed by atoms with Crippen molar-refractivity contribution in [3.63, 3.8) is 0 Å². The molecule has 1 aromatic rings. The summed E-state index contributed by atoms with van der Waals surface area (Å²) in [5.74, 6) is -0.0169. The van der Waals surface area contributed by atoms with Crippen LogP contribution in [-0.2, 0) is 6.54 Å². The largest absolute Gasteiger partial charge is 0.397 e. The molecular weight excluding hydrogens is 230 g/mol. The molecule has 0 radical (unpaired) electrons. The Morgan fingerprint density at radius 2 is 2.33 bits per heavy atom. The van der Waals surface area contributed by atoms with Crippen molar-refractivity contribution in [3.05, 3.63) is 18.0 Å². The summed E-state index contributed by atoms with van der Waals surface area (Å²) in [6, 6.07) is 2.03. The number of hydrogen-bond acceptors (Lipinski definition) is 3. The molecule has 0 atom stereocenters. The van der Waals surface area contributed by atoms with Gasteiger partial charge in [0.2, 0.25) is 0 Å². The predicted molar refractivity (Wildman–Crippen MR) is 70.3 cm³/mol. The number of aromatic nitrogens is 1. The number of nitrogens with zero attached hydrogens (tertiary/aromatic N) is 2. The van der Waals surface area contributed by atoms with Crippen molar-refractivity contribution >= 4 is 11.6 Å². The third kappa shape index (κ3) is 2.67. The zero-order chi connectivity index (χ0) is 13.1. The summed E-state index contributed by atoms with van der Waals surface area (Å²) in [7, 11) is 0. The molecule has 1 heterocycles. The Morgan fingerprint density at radius 3 is 2.89 bits per heavy atom. The second-order valence-electron chi connectivity index (χ2n) is 4.81. The number of hydrogen-bond donors (Lipinski definition) is 2. The summed E-state index contributed by atoms with van der Waals surface area (Å²) in [6.45, 7) is 3.26. The first-order chi connectivity index (χ1) is 8.67. The number of aliphatic hydroxyl groups excluding tert-OH is 1. The predicted octanol–water partition coefficient (Wildman–Crippen LogP) is 1.08. The maximum atomic E-state index is 12.5. The molecule has 5 nitrogen and oxygen atoms in total. The molecule has 1 aliphatic rings. The zero-order valence-electron chi connectivity index (χ0n) is 10.8. The summed E-state index contributed by atoms with van der Waals surface area (Å²) in [5.41, 5.74) is 7.02. The highest BCUT2D eigenvalue weighted by Gasteiger charge is 2.33. The van der Waals surface area contributed by atoms with Crippen LogP contribution in [0.15, 0.2) is 12.3 Å². The number of aryl methyl sites for hydroxylation is 1. The van der Waals surface area contributed by atoms with E-state index in [1.807, 2.05) is 4.57 Å². The van der Waals surface area contributed by atoms with Crippen LogP contribution in [0.2, 0.25) is 0 Å². The fourth-order valence-electron chi connectivity index (χ4n) is 2.23. The van der Waals surface area contributed by atoms with Crippen molar-refractivity contribution in [3.8, 4) is 0 Å². The van der Waals surface area contributed by atoms with E-state index in [1.54, 1.807) is 17.2 Å².